The fraction of sp³-hybridized carbons (Fsp3) is 0.636. The monoisotopic (exact) mass is 167 g/mol. The fourth-order valence-electron chi connectivity index (χ4n) is 1.03. The maximum absolute atomic E-state index is 2.24. The highest BCUT2D eigenvalue weighted by Gasteiger charge is 2.01. The van der Waals surface area contributed by atoms with Crippen LogP contribution in [0.3, 0.4) is 0 Å². The molecule has 12 heavy (non-hydrogen) atoms. The van der Waals surface area contributed by atoms with Crippen molar-refractivity contribution in [1.29, 1.82) is 0 Å². The Hall–Kier alpha value is -0.720. The van der Waals surface area contributed by atoms with Crippen molar-refractivity contribution in [3.8, 4) is 0 Å². The Bertz CT molecular complexity index is 164. The standard InChI is InChI=1S/C11H21N/c1-6-7-8-11(12(4)5)9-10(2)3/h6-8,10H,9H2,1-5H3/b7-6?,11-8-. The SMILES string of the molecule is CC=C/C=C(/CC(C)C)N(C)C. The Morgan fingerprint density at radius 2 is 1.92 bits per heavy atom. The average Bonchev–Trinajstić information content (AvgIpc) is 1.96. The third kappa shape index (κ3) is 5.00. The summed E-state index contributed by atoms with van der Waals surface area (Å²) in [7, 11) is 4.19. The molecule has 0 saturated heterocycles. The van der Waals surface area contributed by atoms with Crippen molar-refractivity contribution in [3.63, 3.8) is 0 Å². The van der Waals surface area contributed by atoms with Crippen molar-refractivity contribution in [1.82, 2.24) is 4.90 Å². The molecule has 0 N–H and O–H groups in total. The van der Waals surface area contributed by atoms with Gasteiger partial charge in [-0.1, -0.05) is 26.0 Å². The molecular formula is C11H21N. The molecule has 0 fully saturated rings. The van der Waals surface area contributed by atoms with Gasteiger partial charge in [0.1, 0.15) is 0 Å². The zero-order valence-electron chi connectivity index (χ0n) is 8.96. The highest BCUT2D eigenvalue weighted by Crippen LogP contribution is 2.12. The highest BCUT2D eigenvalue weighted by molar-refractivity contribution is 5.10. The summed E-state index contributed by atoms with van der Waals surface area (Å²) in [6, 6.07) is 0. The van der Waals surface area contributed by atoms with Gasteiger partial charge in [0, 0.05) is 19.8 Å². The van der Waals surface area contributed by atoms with Crippen LogP contribution in [0.15, 0.2) is 23.9 Å². The van der Waals surface area contributed by atoms with Crippen molar-refractivity contribution in [3.05, 3.63) is 23.9 Å². The van der Waals surface area contributed by atoms with E-state index in [0.29, 0.717) is 0 Å². The van der Waals surface area contributed by atoms with Crippen LogP contribution in [-0.4, -0.2) is 19.0 Å². The van der Waals surface area contributed by atoms with E-state index in [1.807, 2.05) is 6.92 Å². The summed E-state index contributed by atoms with van der Waals surface area (Å²) in [5.74, 6) is 0.726. The maximum atomic E-state index is 2.24. The van der Waals surface area contributed by atoms with E-state index in [0.717, 1.165) is 12.3 Å². The lowest BCUT2D eigenvalue weighted by Gasteiger charge is -2.18. The van der Waals surface area contributed by atoms with Gasteiger partial charge in [0.25, 0.3) is 0 Å². The Kier molecular flexibility index (Phi) is 5.52. The molecule has 0 spiro atoms. The van der Waals surface area contributed by atoms with Crippen LogP contribution in [0.5, 0.6) is 0 Å². The Labute approximate surface area is 76.8 Å². The Balaban J connectivity index is 4.22. The zero-order chi connectivity index (χ0) is 9.56. The van der Waals surface area contributed by atoms with Gasteiger partial charge in [0.15, 0.2) is 0 Å². The minimum absolute atomic E-state index is 0.726. The second-order valence-corrected chi connectivity index (χ2v) is 3.68. The normalized spacial score (nSPS) is 13.0. The molecule has 0 aliphatic carbocycles. The van der Waals surface area contributed by atoms with E-state index in [4.69, 9.17) is 0 Å². The lowest BCUT2D eigenvalue weighted by molar-refractivity contribution is 0.453. The molecule has 1 nitrogen and oxygen atoms in total. The molecule has 0 rings (SSSR count). The predicted octanol–water partition coefficient (Wildman–Crippen LogP) is 3.05. The number of rotatable bonds is 4. The van der Waals surface area contributed by atoms with Crippen LogP contribution in [0, 0.1) is 5.92 Å². The number of nitrogens with zero attached hydrogens (tertiary/aromatic N) is 1. The first-order valence-electron chi connectivity index (χ1n) is 4.57. The van der Waals surface area contributed by atoms with Crippen molar-refractivity contribution in [2.75, 3.05) is 14.1 Å². The Morgan fingerprint density at radius 1 is 1.33 bits per heavy atom. The second-order valence-electron chi connectivity index (χ2n) is 3.68. The topological polar surface area (TPSA) is 3.24 Å². The molecule has 0 aromatic heterocycles. The summed E-state index contributed by atoms with van der Waals surface area (Å²) in [6.07, 6.45) is 7.48. The van der Waals surface area contributed by atoms with Gasteiger partial charge in [-0.05, 0) is 25.3 Å². The molecule has 1 heteroatoms. The first-order valence-corrected chi connectivity index (χ1v) is 4.57. The van der Waals surface area contributed by atoms with Gasteiger partial charge in [-0.25, -0.2) is 0 Å². The molecule has 70 valence electrons. The predicted molar refractivity (Wildman–Crippen MR) is 56.0 cm³/mol. The number of hydrogen-bond donors (Lipinski definition) is 0. The van der Waals surface area contributed by atoms with E-state index in [1.165, 1.54) is 5.70 Å². The van der Waals surface area contributed by atoms with E-state index in [2.05, 4.69) is 51.1 Å². The van der Waals surface area contributed by atoms with E-state index in [1.54, 1.807) is 0 Å². The zero-order valence-corrected chi connectivity index (χ0v) is 8.96. The van der Waals surface area contributed by atoms with Crippen LogP contribution in [0.1, 0.15) is 27.2 Å². The second kappa shape index (κ2) is 5.87. The van der Waals surface area contributed by atoms with Gasteiger partial charge < -0.3 is 4.90 Å². The van der Waals surface area contributed by atoms with Gasteiger partial charge in [0.05, 0.1) is 0 Å². The molecule has 0 heterocycles. The molecule has 0 amide bonds. The van der Waals surface area contributed by atoms with Crippen LogP contribution in [0.2, 0.25) is 0 Å². The maximum Gasteiger partial charge on any atom is 0.0130 e. The van der Waals surface area contributed by atoms with Gasteiger partial charge in [0.2, 0.25) is 0 Å². The molecule has 0 aliphatic heterocycles. The average molecular weight is 167 g/mol. The summed E-state index contributed by atoms with van der Waals surface area (Å²) < 4.78 is 0. The van der Waals surface area contributed by atoms with Gasteiger partial charge in [-0.3, -0.25) is 0 Å². The molecule has 0 atom stereocenters. The van der Waals surface area contributed by atoms with Crippen molar-refractivity contribution in [2.45, 2.75) is 27.2 Å². The molecule has 0 saturated carbocycles. The summed E-state index contributed by atoms with van der Waals surface area (Å²) in [5.41, 5.74) is 1.39. The highest BCUT2D eigenvalue weighted by atomic mass is 15.1. The van der Waals surface area contributed by atoms with Crippen LogP contribution >= 0.6 is 0 Å². The van der Waals surface area contributed by atoms with Gasteiger partial charge in [-0.15, -0.1) is 0 Å². The molecule has 0 aliphatic rings. The van der Waals surface area contributed by atoms with E-state index >= 15 is 0 Å². The lowest BCUT2D eigenvalue weighted by Crippen LogP contribution is -2.12. The lowest BCUT2D eigenvalue weighted by atomic mass is 10.1. The Morgan fingerprint density at radius 3 is 2.25 bits per heavy atom. The van der Waals surface area contributed by atoms with Crippen LogP contribution in [0.4, 0.5) is 0 Å². The number of hydrogen-bond acceptors (Lipinski definition) is 1. The first-order chi connectivity index (χ1) is 5.57. The molecule has 0 bridgehead atoms. The third-order valence-corrected chi connectivity index (χ3v) is 1.67. The van der Waals surface area contributed by atoms with Crippen LogP contribution < -0.4 is 0 Å². The molecule has 0 aromatic rings. The van der Waals surface area contributed by atoms with E-state index < -0.39 is 0 Å². The summed E-state index contributed by atoms with van der Waals surface area (Å²) >= 11 is 0. The quantitative estimate of drug-likeness (QED) is 0.582. The van der Waals surface area contributed by atoms with E-state index in [-0.39, 0.29) is 0 Å². The summed E-state index contributed by atoms with van der Waals surface area (Å²) in [6.45, 7) is 6.53. The fourth-order valence-corrected chi connectivity index (χ4v) is 1.03. The van der Waals surface area contributed by atoms with Crippen LogP contribution in [-0.2, 0) is 0 Å². The minimum atomic E-state index is 0.726. The number of allylic oxidation sites excluding steroid dienone is 4. The summed E-state index contributed by atoms with van der Waals surface area (Å²) in [5, 5.41) is 0. The van der Waals surface area contributed by atoms with Crippen molar-refractivity contribution in [2.24, 2.45) is 5.92 Å². The van der Waals surface area contributed by atoms with Crippen molar-refractivity contribution < 1.29 is 0 Å². The molecular weight excluding hydrogens is 146 g/mol. The smallest absolute Gasteiger partial charge is 0.0130 e. The molecule has 0 unspecified atom stereocenters. The third-order valence-electron chi connectivity index (χ3n) is 1.67. The largest absolute Gasteiger partial charge is 0.381 e. The van der Waals surface area contributed by atoms with Crippen LogP contribution in [0.25, 0.3) is 0 Å². The van der Waals surface area contributed by atoms with E-state index in [9.17, 15) is 0 Å². The minimum Gasteiger partial charge on any atom is -0.381 e. The van der Waals surface area contributed by atoms with Gasteiger partial charge >= 0.3 is 0 Å². The van der Waals surface area contributed by atoms with Gasteiger partial charge in [-0.2, -0.15) is 0 Å². The molecule has 0 aromatic carbocycles. The van der Waals surface area contributed by atoms with Crippen molar-refractivity contribution >= 4 is 0 Å². The summed E-state index contributed by atoms with van der Waals surface area (Å²) in [4.78, 5) is 2.18. The molecule has 0 radical (unpaired) electrons. The first kappa shape index (κ1) is 11.3.